The minimum Gasteiger partial charge on any atom is -0.494 e. The number of fused-ring (bicyclic) bond motifs is 1. The van der Waals surface area contributed by atoms with Crippen LogP contribution in [0.3, 0.4) is 0 Å². The van der Waals surface area contributed by atoms with Crippen molar-refractivity contribution in [2.45, 2.75) is 32.7 Å². The molecule has 0 bridgehead atoms. The van der Waals surface area contributed by atoms with Crippen LogP contribution >= 0.6 is 24.8 Å². The highest BCUT2D eigenvalue weighted by Gasteiger charge is 2.18. The van der Waals surface area contributed by atoms with Crippen molar-refractivity contribution < 1.29 is 13.5 Å². The van der Waals surface area contributed by atoms with E-state index in [0.717, 1.165) is 49.4 Å². The molecule has 0 fully saturated rings. The summed E-state index contributed by atoms with van der Waals surface area (Å²) >= 11 is 0. The summed E-state index contributed by atoms with van der Waals surface area (Å²) in [5.41, 5.74) is 2.31. The van der Waals surface area contributed by atoms with Crippen molar-refractivity contribution >= 4 is 30.6 Å². The van der Waals surface area contributed by atoms with Crippen molar-refractivity contribution in [1.82, 2.24) is 15.3 Å². The molecular formula is C18H24Cl2F2N4O. The monoisotopic (exact) mass is 420 g/mol. The van der Waals surface area contributed by atoms with Crippen molar-refractivity contribution in [2.24, 2.45) is 0 Å². The van der Waals surface area contributed by atoms with Gasteiger partial charge in [-0.05, 0) is 19.0 Å². The molecule has 27 heavy (non-hydrogen) atoms. The van der Waals surface area contributed by atoms with E-state index in [0.29, 0.717) is 5.82 Å². The first-order valence-corrected chi connectivity index (χ1v) is 8.48. The predicted molar refractivity (Wildman–Crippen MR) is 106 cm³/mol. The predicted octanol–water partition coefficient (Wildman–Crippen LogP) is 3.47. The van der Waals surface area contributed by atoms with E-state index >= 15 is 0 Å². The number of hydrogen-bond acceptors (Lipinski definition) is 5. The van der Waals surface area contributed by atoms with Crippen LogP contribution in [0.4, 0.5) is 14.6 Å². The van der Waals surface area contributed by atoms with E-state index in [4.69, 9.17) is 4.74 Å². The van der Waals surface area contributed by atoms with Gasteiger partial charge in [-0.1, -0.05) is 13.0 Å². The number of methoxy groups -OCH3 is 1. The molecule has 0 amide bonds. The van der Waals surface area contributed by atoms with Gasteiger partial charge in [0, 0.05) is 37.1 Å². The van der Waals surface area contributed by atoms with Crippen LogP contribution < -0.4 is 15.4 Å². The van der Waals surface area contributed by atoms with E-state index in [1.165, 1.54) is 19.2 Å². The molecule has 1 aromatic heterocycles. The summed E-state index contributed by atoms with van der Waals surface area (Å²) in [5.74, 6) is -0.506. The van der Waals surface area contributed by atoms with Gasteiger partial charge in [0.05, 0.1) is 12.8 Å². The average Bonchev–Trinajstić information content (AvgIpc) is 2.88. The van der Waals surface area contributed by atoms with Crippen LogP contribution in [0.1, 0.15) is 29.6 Å². The standard InChI is InChI=1S/C18H22F2N4O.2ClH/c1-3-15-23-13-7-9-21-8-6-12(13)18(24-15)22-10-11-4-5-14(25-2)17(20)16(11)19;;/h4-5,21H,3,6-10H2,1-2H3,(H,22,23,24);2*1H. The van der Waals surface area contributed by atoms with Gasteiger partial charge in [0.2, 0.25) is 5.82 Å². The summed E-state index contributed by atoms with van der Waals surface area (Å²) in [4.78, 5) is 9.18. The minimum atomic E-state index is -0.971. The molecule has 9 heteroatoms. The molecule has 0 unspecified atom stereocenters. The summed E-state index contributed by atoms with van der Waals surface area (Å²) in [6.07, 6.45) is 2.37. The molecule has 1 aliphatic heterocycles. The van der Waals surface area contributed by atoms with Gasteiger partial charge < -0.3 is 15.4 Å². The first-order chi connectivity index (χ1) is 12.1. The number of benzene rings is 1. The minimum absolute atomic E-state index is 0. The maximum atomic E-state index is 14.2. The zero-order chi connectivity index (χ0) is 17.8. The van der Waals surface area contributed by atoms with Gasteiger partial charge in [-0.25, -0.2) is 14.4 Å². The van der Waals surface area contributed by atoms with Crippen LogP contribution in [0.5, 0.6) is 5.75 Å². The first kappa shape index (κ1) is 23.3. The third kappa shape index (κ3) is 5.18. The van der Waals surface area contributed by atoms with E-state index in [1.807, 2.05) is 6.92 Å². The summed E-state index contributed by atoms with van der Waals surface area (Å²) in [6, 6.07) is 2.95. The highest BCUT2D eigenvalue weighted by molar-refractivity contribution is 5.85. The second kappa shape index (κ2) is 10.6. The van der Waals surface area contributed by atoms with Crippen LogP contribution in [-0.4, -0.2) is 30.2 Å². The molecule has 0 saturated carbocycles. The Labute approximate surface area is 170 Å². The second-order valence-corrected chi connectivity index (χ2v) is 5.93. The lowest BCUT2D eigenvalue weighted by molar-refractivity contribution is 0.370. The topological polar surface area (TPSA) is 59.1 Å². The Morgan fingerprint density at radius 2 is 1.85 bits per heavy atom. The summed E-state index contributed by atoms with van der Waals surface area (Å²) in [7, 11) is 1.31. The van der Waals surface area contributed by atoms with Crippen molar-refractivity contribution in [3.05, 3.63) is 46.4 Å². The summed E-state index contributed by atoms with van der Waals surface area (Å²) in [5, 5.41) is 6.51. The lowest BCUT2D eigenvalue weighted by Crippen LogP contribution is -2.16. The van der Waals surface area contributed by atoms with Crippen LogP contribution in [0, 0.1) is 11.6 Å². The van der Waals surface area contributed by atoms with Crippen LogP contribution in [0.15, 0.2) is 12.1 Å². The maximum Gasteiger partial charge on any atom is 0.200 e. The molecular weight excluding hydrogens is 397 g/mol. The van der Waals surface area contributed by atoms with E-state index < -0.39 is 11.6 Å². The smallest absolute Gasteiger partial charge is 0.200 e. The summed E-state index contributed by atoms with van der Waals surface area (Å²) in [6.45, 7) is 3.87. The number of halogens is 4. The number of hydrogen-bond donors (Lipinski definition) is 2. The number of aryl methyl sites for hydroxylation is 1. The lowest BCUT2D eigenvalue weighted by Gasteiger charge is -2.15. The van der Waals surface area contributed by atoms with Gasteiger partial charge in [-0.3, -0.25) is 0 Å². The van der Waals surface area contributed by atoms with Crippen LogP contribution in [0.2, 0.25) is 0 Å². The van der Waals surface area contributed by atoms with E-state index in [9.17, 15) is 8.78 Å². The Morgan fingerprint density at radius 3 is 2.56 bits per heavy atom. The second-order valence-electron chi connectivity index (χ2n) is 5.93. The molecule has 0 saturated heterocycles. The molecule has 2 aromatic rings. The molecule has 5 nitrogen and oxygen atoms in total. The molecule has 0 atom stereocenters. The summed E-state index contributed by atoms with van der Waals surface area (Å²) < 4.78 is 32.8. The molecule has 0 spiro atoms. The maximum absolute atomic E-state index is 14.2. The number of anilines is 1. The molecule has 2 N–H and O–H groups in total. The Balaban J connectivity index is 0.00000182. The highest BCUT2D eigenvalue weighted by atomic mass is 35.5. The number of ether oxygens (including phenoxy) is 1. The van der Waals surface area contributed by atoms with Crippen molar-refractivity contribution in [3.8, 4) is 5.75 Å². The normalized spacial score (nSPS) is 12.9. The van der Waals surface area contributed by atoms with Crippen LogP contribution in [-0.2, 0) is 25.8 Å². The van der Waals surface area contributed by atoms with E-state index in [1.54, 1.807) is 0 Å². The quantitative estimate of drug-likeness (QED) is 0.775. The molecule has 150 valence electrons. The van der Waals surface area contributed by atoms with Gasteiger partial charge in [0.25, 0.3) is 0 Å². The van der Waals surface area contributed by atoms with E-state index in [2.05, 4.69) is 20.6 Å². The van der Waals surface area contributed by atoms with Gasteiger partial charge in [0.1, 0.15) is 11.6 Å². The van der Waals surface area contributed by atoms with E-state index in [-0.39, 0.29) is 42.7 Å². The number of nitrogens with zero attached hydrogens (tertiary/aromatic N) is 2. The molecule has 0 aliphatic carbocycles. The van der Waals surface area contributed by atoms with Gasteiger partial charge in [0.15, 0.2) is 11.6 Å². The zero-order valence-electron chi connectivity index (χ0n) is 15.3. The van der Waals surface area contributed by atoms with Crippen molar-refractivity contribution in [1.29, 1.82) is 0 Å². The number of rotatable bonds is 5. The molecule has 3 rings (SSSR count). The highest BCUT2D eigenvalue weighted by Crippen LogP contribution is 2.24. The SMILES string of the molecule is CCc1nc2c(c(NCc3ccc(OC)c(F)c3F)n1)CCNCC2.Cl.Cl. The fourth-order valence-corrected chi connectivity index (χ4v) is 2.95. The average molecular weight is 421 g/mol. The Hall–Kier alpha value is -1.70. The zero-order valence-corrected chi connectivity index (χ0v) is 16.9. The third-order valence-corrected chi connectivity index (χ3v) is 4.34. The van der Waals surface area contributed by atoms with Crippen LogP contribution in [0.25, 0.3) is 0 Å². The van der Waals surface area contributed by atoms with Crippen molar-refractivity contribution in [2.75, 3.05) is 25.5 Å². The van der Waals surface area contributed by atoms with Gasteiger partial charge in [-0.2, -0.15) is 4.39 Å². The molecule has 1 aliphatic rings. The van der Waals surface area contributed by atoms with Crippen molar-refractivity contribution in [3.63, 3.8) is 0 Å². The first-order valence-electron chi connectivity index (χ1n) is 8.48. The Morgan fingerprint density at radius 1 is 1.11 bits per heavy atom. The largest absolute Gasteiger partial charge is 0.494 e. The lowest BCUT2D eigenvalue weighted by atomic mass is 10.1. The third-order valence-electron chi connectivity index (χ3n) is 4.34. The number of nitrogens with one attached hydrogen (secondary N) is 2. The number of aromatic nitrogens is 2. The fraction of sp³-hybridized carbons (Fsp3) is 0.444. The van der Waals surface area contributed by atoms with Gasteiger partial charge >= 0.3 is 0 Å². The Bertz CT molecular complexity index is 778. The fourth-order valence-electron chi connectivity index (χ4n) is 2.95. The molecule has 1 aromatic carbocycles. The molecule has 2 heterocycles. The van der Waals surface area contributed by atoms with Gasteiger partial charge in [-0.15, -0.1) is 24.8 Å². The molecule has 0 radical (unpaired) electrons. The Kier molecular flexibility index (Phi) is 9.15.